The van der Waals surface area contributed by atoms with E-state index in [-0.39, 0.29) is 5.75 Å². The number of benzene rings is 4. The third kappa shape index (κ3) is 3.71. The van der Waals surface area contributed by atoms with Crippen molar-refractivity contribution in [3.05, 3.63) is 134 Å². The molecule has 38 heavy (non-hydrogen) atoms. The summed E-state index contributed by atoms with van der Waals surface area (Å²) in [7, 11) is 0. The van der Waals surface area contributed by atoms with Crippen LogP contribution in [0.5, 0.6) is 5.75 Å². The number of nitrogens with zero attached hydrogens (tertiary/aromatic N) is 3. The van der Waals surface area contributed by atoms with E-state index in [0.717, 1.165) is 61.3 Å². The molecule has 180 valence electrons. The zero-order valence-corrected chi connectivity index (χ0v) is 20.5. The summed E-state index contributed by atoms with van der Waals surface area (Å²) >= 11 is 0. The standard InChI is InChI=1S/C34H23N3O/c38-32-17-7-5-12-27(32)25-20-24(23-10-2-1-3-11-23)21-26(22-25)30-15-8-18-33(36-30)37-31-16-6-4-13-28(31)29-14-9-19-35-34(29)37/h1-22,38H. The maximum Gasteiger partial charge on any atom is 0.146 e. The molecule has 0 bridgehead atoms. The van der Waals surface area contributed by atoms with Crippen molar-refractivity contribution in [1.82, 2.24) is 14.5 Å². The first-order valence-electron chi connectivity index (χ1n) is 12.6. The Hall–Kier alpha value is -5.22. The Morgan fingerprint density at radius 1 is 0.553 bits per heavy atom. The predicted octanol–water partition coefficient (Wildman–Crippen LogP) is 8.28. The molecular formula is C34H23N3O. The molecule has 0 fully saturated rings. The van der Waals surface area contributed by atoms with E-state index in [9.17, 15) is 5.11 Å². The van der Waals surface area contributed by atoms with Gasteiger partial charge in [-0.15, -0.1) is 0 Å². The highest BCUT2D eigenvalue weighted by Gasteiger charge is 2.15. The molecule has 0 aliphatic carbocycles. The van der Waals surface area contributed by atoms with Crippen LogP contribution in [0.15, 0.2) is 134 Å². The highest BCUT2D eigenvalue weighted by atomic mass is 16.3. The third-order valence-electron chi connectivity index (χ3n) is 6.95. The fraction of sp³-hybridized carbons (Fsp3) is 0. The first-order chi connectivity index (χ1) is 18.8. The van der Waals surface area contributed by atoms with Crippen molar-refractivity contribution < 1.29 is 5.11 Å². The molecule has 0 aliphatic rings. The van der Waals surface area contributed by atoms with Gasteiger partial charge >= 0.3 is 0 Å². The molecule has 0 unspecified atom stereocenters. The molecule has 7 rings (SSSR count). The van der Waals surface area contributed by atoms with Crippen LogP contribution in [0.3, 0.4) is 0 Å². The lowest BCUT2D eigenvalue weighted by molar-refractivity contribution is 0.477. The fourth-order valence-corrected chi connectivity index (χ4v) is 5.18. The molecule has 3 aromatic heterocycles. The minimum atomic E-state index is 0.252. The van der Waals surface area contributed by atoms with E-state index in [1.54, 1.807) is 6.07 Å². The lowest BCUT2D eigenvalue weighted by Gasteiger charge is -2.13. The summed E-state index contributed by atoms with van der Waals surface area (Å²) in [5.74, 6) is 1.06. The lowest BCUT2D eigenvalue weighted by atomic mass is 9.94. The summed E-state index contributed by atoms with van der Waals surface area (Å²) in [6.45, 7) is 0. The topological polar surface area (TPSA) is 50.9 Å². The monoisotopic (exact) mass is 489 g/mol. The van der Waals surface area contributed by atoms with Crippen LogP contribution in [-0.4, -0.2) is 19.6 Å². The summed E-state index contributed by atoms with van der Waals surface area (Å²) in [6.07, 6.45) is 1.82. The highest BCUT2D eigenvalue weighted by Crippen LogP contribution is 2.36. The first-order valence-corrected chi connectivity index (χ1v) is 12.6. The van der Waals surface area contributed by atoms with Gasteiger partial charge in [0, 0.05) is 28.1 Å². The molecule has 0 aliphatic heterocycles. The van der Waals surface area contributed by atoms with E-state index in [4.69, 9.17) is 9.97 Å². The normalized spacial score (nSPS) is 11.3. The third-order valence-corrected chi connectivity index (χ3v) is 6.95. The predicted molar refractivity (Wildman–Crippen MR) is 154 cm³/mol. The van der Waals surface area contributed by atoms with Gasteiger partial charge in [-0.2, -0.15) is 0 Å². The summed E-state index contributed by atoms with van der Waals surface area (Å²) < 4.78 is 2.12. The van der Waals surface area contributed by atoms with Crippen molar-refractivity contribution in [3.63, 3.8) is 0 Å². The second-order valence-electron chi connectivity index (χ2n) is 9.29. The first kappa shape index (κ1) is 22.0. The van der Waals surface area contributed by atoms with Gasteiger partial charge < -0.3 is 5.11 Å². The number of hydrogen-bond acceptors (Lipinski definition) is 3. The Morgan fingerprint density at radius 3 is 2.18 bits per heavy atom. The van der Waals surface area contributed by atoms with Gasteiger partial charge in [0.15, 0.2) is 0 Å². The van der Waals surface area contributed by atoms with E-state index in [2.05, 4.69) is 59.2 Å². The van der Waals surface area contributed by atoms with Gasteiger partial charge in [-0.05, 0) is 71.3 Å². The van der Waals surface area contributed by atoms with Crippen LogP contribution >= 0.6 is 0 Å². The van der Waals surface area contributed by atoms with Gasteiger partial charge in [-0.3, -0.25) is 4.57 Å². The Kier molecular flexibility index (Phi) is 5.22. The average molecular weight is 490 g/mol. The quantitative estimate of drug-likeness (QED) is 0.271. The number of para-hydroxylation sites is 2. The van der Waals surface area contributed by atoms with Gasteiger partial charge in [0.05, 0.1) is 11.2 Å². The number of phenolic OH excluding ortho intramolecular Hbond substituents is 1. The van der Waals surface area contributed by atoms with Crippen LogP contribution in [0.2, 0.25) is 0 Å². The van der Waals surface area contributed by atoms with E-state index < -0.39 is 0 Å². The molecule has 1 N–H and O–H groups in total. The molecule has 0 amide bonds. The molecule has 0 saturated heterocycles. The molecule has 4 aromatic carbocycles. The van der Waals surface area contributed by atoms with Crippen LogP contribution in [-0.2, 0) is 0 Å². The van der Waals surface area contributed by atoms with Crippen molar-refractivity contribution in [1.29, 1.82) is 0 Å². The van der Waals surface area contributed by atoms with Gasteiger partial charge in [0.1, 0.15) is 17.2 Å². The number of aromatic hydroxyl groups is 1. The van der Waals surface area contributed by atoms with E-state index in [0.29, 0.717) is 0 Å². The number of phenols is 1. The molecule has 0 radical (unpaired) electrons. The van der Waals surface area contributed by atoms with Crippen LogP contribution in [0.4, 0.5) is 0 Å². The Labute approximate surface area is 220 Å². The smallest absolute Gasteiger partial charge is 0.146 e. The van der Waals surface area contributed by atoms with Gasteiger partial charge in [-0.1, -0.05) is 72.8 Å². The molecule has 7 aromatic rings. The zero-order chi connectivity index (χ0) is 25.5. The molecule has 0 atom stereocenters. The number of rotatable bonds is 4. The van der Waals surface area contributed by atoms with Gasteiger partial charge in [0.2, 0.25) is 0 Å². The maximum absolute atomic E-state index is 10.6. The van der Waals surface area contributed by atoms with E-state index in [1.165, 1.54) is 0 Å². The molecule has 3 heterocycles. The average Bonchev–Trinajstić information content (AvgIpc) is 3.32. The van der Waals surface area contributed by atoms with Crippen LogP contribution in [0, 0.1) is 0 Å². The summed E-state index contributed by atoms with van der Waals surface area (Å²) in [4.78, 5) is 9.85. The number of fused-ring (bicyclic) bond motifs is 3. The number of aromatic nitrogens is 3. The maximum atomic E-state index is 10.6. The highest BCUT2D eigenvalue weighted by molar-refractivity contribution is 6.07. The van der Waals surface area contributed by atoms with Crippen LogP contribution in [0.25, 0.3) is 61.3 Å². The van der Waals surface area contributed by atoms with Crippen molar-refractivity contribution >= 4 is 21.9 Å². The largest absolute Gasteiger partial charge is 0.507 e. The van der Waals surface area contributed by atoms with Crippen molar-refractivity contribution in [2.45, 2.75) is 0 Å². The molecule has 0 spiro atoms. The van der Waals surface area contributed by atoms with Crippen molar-refractivity contribution in [3.8, 4) is 45.1 Å². The molecule has 4 nitrogen and oxygen atoms in total. The van der Waals surface area contributed by atoms with Crippen LogP contribution < -0.4 is 0 Å². The summed E-state index contributed by atoms with van der Waals surface area (Å²) in [6, 6.07) is 42.6. The van der Waals surface area contributed by atoms with E-state index >= 15 is 0 Å². The summed E-state index contributed by atoms with van der Waals surface area (Å²) in [5.41, 5.74) is 7.66. The SMILES string of the molecule is Oc1ccccc1-c1cc(-c2ccccc2)cc(-c2cccc(-n3c4ccccc4c4cccnc43)n2)c1. The molecular weight excluding hydrogens is 466 g/mol. The number of hydrogen-bond donors (Lipinski definition) is 1. The minimum Gasteiger partial charge on any atom is -0.507 e. The summed E-state index contributed by atoms with van der Waals surface area (Å²) in [5, 5.41) is 12.9. The fourth-order valence-electron chi connectivity index (χ4n) is 5.18. The zero-order valence-electron chi connectivity index (χ0n) is 20.5. The second-order valence-corrected chi connectivity index (χ2v) is 9.29. The molecule has 4 heteroatoms. The second kappa shape index (κ2) is 9.02. The Bertz CT molecular complexity index is 1890. The van der Waals surface area contributed by atoms with Crippen molar-refractivity contribution in [2.24, 2.45) is 0 Å². The van der Waals surface area contributed by atoms with Crippen LogP contribution in [0.1, 0.15) is 0 Å². The van der Waals surface area contributed by atoms with Gasteiger partial charge in [-0.25, -0.2) is 9.97 Å². The molecule has 0 saturated carbocycles. The Morgan fingerprint density at radius 2 is 1.29 bits per heavy atom. The number of pyridine rings is 2. The van der Waals surface area contributed by atoms with Crippen molar-refractivity contribution in [2.75, 3.05) is 0 Å². The lowest BCUT2D eigenvalue weighted by Crippen LogP contribution is -1.99. The van der Waals surface area contributed by atoms with Gasteiger partial charge in [0.25, 0.3) is 0 Å². The Balaban J connectivity index is 1.44. The van der Waals surface area contributed by atoms with E-state index in [1.807, 2.05) is 72.9 Å². The minimum absolute atomic E-state index is 0.252.